The van der Waals surface area contributed by atoms with E-state index in [1.165, 1.54) is 0 Å². The van der Waals surface area contributed by atoms with Crippen molar-refractivity contribution in [3.8, 4) is 11.5 Å². The van der Waals surface area contributed by atoms with Gasteiger partial charge in [-0.1, -0.05) is 29.8 Å². The maximum absolute atomic E-state index is 12.4. The van der Waals surface area contributed by atoms with Gasteiger partial charge in [0.05, 0.1) is 0 Å². The molecule has 0 radical (unpaired) electrons. The van der Waals surface area contributed by atoms with Crippen LogP contribution in [0.15, 0.2) is 18.2 Å². The normalized spacial score (nSPS) is 13.9. The molecule has 0 bridgehead atoms. The van der Waals surface area contributed by atoms with Crippen molar-refractivity contribution in [2.45, 2.75) is 32.2 Å². The van der Waals surface area contributed by atoms with E-state index < -0.39 is 0 Å². The van der Waals surface area contributed by atoms with Crippen LogP contribution < -0.4 is 14.8 Å². The van der Waals surface area contributed by atoms with Crippen molar-refractivity contribution in [2.75, 3.05) is 18.5 Å². The van der Waals surface area contributed by atoms with E-state index in [9.17, 15) is 4.79 Å². The van der Waals surface area contributed by atoms with Crippen LogP contribution in [0.25, 0.3) is 0 Å². The number of amides is 1. The molecule has 20 heavy (non-hydrogen) atoms. The van der Waals surface area contributed by atoms with Crippen LogP contribution in [0, 0.1) is 0 Å². The van der Waals surface area contributed by atoms with Crippen LogP contribution in [0.4, 0.5) is 0 Å². The zero-order chi connectivity index (χ0) is 14.6. The molecule has 1 amide bonds. The van der Waals surface area contributed by atoms with Gasteiger partial charge in [0.25, 0.3) is 5.91 Å². The van der Waals surface area contributed by atoms with E-state index in [0.717, 1.165) is 18.2 Å². The molecule has 0 aromatic heterocycles. The fourth-order valence-electron chi connectivity index (χ4n) is 2.15. The fourth-order valence-corrected chi connectivity index (χ4v) is 3.08. The quantitative estimate of drug-likeness (QED) is 0.837. The van der Waals surface area contributed by atoms with Crippen LogP contribution in [0.3, 0.4) is 0 Å². The lowest BCUT2D eigenvalue weighted by molar-refractivity contribution is 0.0902. The summed E-state index contributed by atoms with van der Waals surface area (Å²) in [5.74, 6) is 1.26. The number of benzene rings is 1. The lowest BCUT2D eigenvalue weighted by atomic mass is 9.95. The molecule has 0 fully saturated rings. The summed E-state index contributed by atoms with van der Waals surface area (Å²) in [6.07, 6.45) is 1.76. The molecular formula is C15H20BrNO3. The number of ether oxygens (including phenoxy) is 2. The van der Waals surface area contributed by atoms with Crippen molar-refractivity contribution in [1.29, 1.82) is 0 Å². The summed E-state index contributed by atoms with van der Waals surface area (Å²) in [5, 5.41) is 3.86. The minimum absolute atomic E-state index is 0.0786. The highest BCUT2D eigenvalue weighted by Crippen LogP contribution is 2.31. The molecule has 0 saturated carbocycles. The summed E-state index contributed by atoms with van der Waals surface area (Å²) < 4.78 is 11.0. The van der Waals surface area contributed by atoms with Crippen LogP contribution in [0.5, 0.6) is 11.5 Å². The van der Waals surface area contributed by atoms with E-state index in [1.54, 1.807) is 18.2 Å². The third-order valence-electron chi connectivity index (χ3n) is 3.79. The van der Waals surface area contributed by atoms with E-state index in [2.05, 4.69) is 35.1 Å². The highest BCUT2D eigenvalue weighted by atomic mass is 79.9. The Bertz CT molecular complexity index is 478. The molecule has 5 heteroatoms. The van der Waals surface area contributed by atoms with Crippen LogP contribution in [-0.4, -0.2) is 30.0 Å². The van der Waals surface area contributed by atoms with Crippen molar-refractivity contribution >= 4 is 21.8 Å². The number of carbonyl (C=O) groups is 1. The Morgan fingerprint density at radius 1 is 1.25 bits per heavy atom. The third-order valence-corrected chi connectivity index (χ3v) is 4.87. The van der Waals surface area contributed by atoms with Gasteiger partial charge in [-0.15, -0.1) is 0 Å². The Hall–Kier alpha value is -1.23. The predicted octanol–water partition coefficient (Wildman–Crippen LogP) is 3.14. The zero-order valence-electron chi connectivity index (χ0n) is 11.9. The van der Waals surface area contributed by atoms with Gasteiger partial charge in [-0.05, 0) is 31.0 Å². The Balaban J connectivity index is 2.17. The average Bonchev–Trinajstić information content (AvgIpc) is 2.52. The van der Waals surface area contributed by atoms with Crippen molar-refractivity contribution in [1.82, 2.24) is 5.32 Å². The van der Waals surface area contributed by atoms with Gasteiger partial charge in [0.2, 0.25) is 0 Å². The molecular weight excluding hydrogens is 322 g/mol. The van der Waals surface area contributed by atoms with E-state index in [0.29, 0.717) is 30.3 Å². The van der Waals surface area contributed by atoms with E-state index >= 15 is 0 Å². The number of rotatable bonds is 5. The number of nitrogens with one attached hydrogen (secondary N) is 1. The Morgan fingerprint density at radius 3 is 2.50 bits per heavy atom. The average molecular weight is 342 g/mol. The minimum Gasteiger partial charge on any atom is -0.486 e. The maximum atomic E-state index is 12.4. The van der Waals surface area contributed by atoms with Crippen LogP contribution in [0.2, 0.25) is 0 Å². The Labute approximate surface area is 128 Å². The molecule has 1 aromatic rings. The van der Waals surface area contributed by atoms with E-state index in [4.69, 9.17) is 9.47 Å². The molecule has 0 atom stereocenters. The van der Waals surface area contributed by atoms with Gasteiger partial charge in [-0.3, -0.25) is 4.79 Å². The number of hydrogen-bond acceptors (Lipinski definition) is 3. The summed E-state index contributed by atoms with van der Waals surface area (Å²) in [4.78, 5) is 12.4. The highest BCUT2D eigenvalue weighted by molar-refractivity contribution is 9.09. The second kappa shape index (κ2) is 6.48. The molecule has 1 heterocycles. The third kappa shape index (κ3) is 3.08. The number of hydrogen-bond donors (Lipinski definition) is 1. The first-order valence-electron chi connectivity index (χ1n) is 6.92. The van der Waals surface area contributed by atoms with Gasteiger partial charge in [0.15, 0.2) is 11.5 Å². The van der Waals surface area contributed by atoms with Crippen LogP contribution in [0.1, 0.15) is 37.0 Å². The monoisotopic (exact) mass is 341 g/mol. The first-order valence-corrected chi connectivity index (χ1v) is 8.04. The fraction of sp³-hybridized carbons (Fsp3) is 0.533. The SMILES string of the molecule is CCC(CC)(CBr)NC(=O)c1ccc2c(c1)OCCO2. The van der Waals surface area contributed by atoms with Gasteiger partial charge >= 0.3 is 0 Å². The first-order chi connectivity index (χ1) is 9.64. The summed E-state index contributed by atoms with van der Waals surface area (Å²) in [6.45, 7) is 5.23. The molecule has 1 N–H and O–H groups in total. The van der Waals surface area contributed by atoms with Gasteiger partial charge < -0.3 is 14.8 Å². The van der Waals surface area contributed by atoms with E-state index in [1.807, 2.05) is 0 Å². The Morgan fingerprint density at radius 2 is 1.90 bits per heavy atom. The standard InChI is InChI=1S/C15H20BrNO3/c1-3-15(4-2,10-16)17-14(18)11-5-6-12-13(9-11)20-8-7-19-12/h5-6,9H,3-4,7-8,10H2,1-2H3,(H,17,18). The lowest BCUT2D eigenvalue weighted by Gasteiger charge is -2.31. The number of alkyl halides is 1. The second-order valence-electron chi connectivity index (χ2n) is 4.93. The molecule has 0 spiro atoms. The largest absolute Gasteiger partial charge is 0.486 e. The van der Waals surface area contributed by atoms with Crippen molar-refractivity contribution in [2.24, 2.45) is 0 Å². The van der Waals surface area contributed by atoms with Crippen molar-refractivity contribution in [3.63, 3.8) is 0 Å². The summed E-state index contributed by atoms with van der Waals surface area (Å²) in [6, 6.07) is 5.30. The van der Waals surface area contributed by atoms with Gasteiger partial charge in [-0.2, -0.15) is 0 Å². The zero-order valence-corrected chi connectivity index (χ0v) is 13.5. The van der Waals surface area contributed by atoms with Gasteiger partial charge in [-0.25, -0.2) is 0 Å². The molecule has 4 nitrogen and oxygen atoms in total. The van der Waals surface area contributed by atoms with Gasteiger partial charge in [0.1, 0.15) is 13.2 Å². The highest BCUT2D eigenvalue weighted by Gasteiger charge is 2.27. The molecule has 0 aliphatic carbocycles. The summed E-state index contributed by atoms with van der Waals surface area (Å²) in [5.41, 5.74) is 0.395. The smallest absolute Gasteiger partial charge is 0.251 e. The Kier molecular flexibility index (Phi) is 4.91. The topological polar surface area (TPSA) is 47.6 Å². The second-order valence-corrected chi connectivity index (χ2v) is 5.49. The molecule has 110 valence electrons. The first kappa shape index (κ1) is 15.2. The van der Waals surface area contributed by atoms with E-state index in [-0.39, 0.29) is 11.4 Å². The molecule has 2 rings (SSSR count). The molecule has 0 unspecified atom stereocenters. The summed E-state index contributed by atoms with van der Waals surface area (Å²) in [7, 11) is 0. The van der Waals surface area contributed by atoms with Crippen LogP contribution >= 0.6 is 15.9 Å². The molecule has 0 saturated heterocycles. The summed E-state index contributed by atoms with van der Waals surface area (Å²) >= 11 is 3.50. The number of fused-ring (bicyclic) bond motifs is 1. The molecule has 1 aliphatic rings. The van der Waals surface area contributed by atoms with Gasteiger partial charge in [0, 0.05) is 16.4 Å². The van der Waals surface area contributed by atoms with Crippen molar-refractivity contribution < 1.29 is 14.3 Å². The number of carbonyl (C=O) groups excluding carboxylic acids is 1. The van der Waals surface area contributed by atoms with Crippen molar-refractivity contribution in [3.05, 3.63) is 23.8 Å². The maximum Gasteiger partial charge on any atom is 0.251 e. The molecule has 1 aromatic carbocycles. The number of halogens is 1. The van der Waals surface area contributed by atoms with Crippen LogP contribution in [-0.2, 0) is 0 Å². The minimum atomic E-state index is -0.204. The molecule has 1 aliphatic heterocycles. The predicted molar refractivity (Wildman–Crippen MR) is 82.0 cm³/mol. The lowest BCUT2D eigenvalue weighted by Crippen LogP contribution is -2.49.